The number of aryl methyl sites for hydroxylation is 4. The van der Waals surface area contributed by atoms with Crippen molar-refractivity contribution in [3.63, 3.8) is 0 Å². The predicted octanol–water partition coefficient (Wildman–Crippen LogP) is 4.90. The van der Waals surface area contributed by atoms with Crippen LogP contribution in [0.25, 0.3) is 0 Å². The number of benzene rings is 2. The molecule has 0 amide bonds. The normalized spacial score (nSPS) is 10.6. The minimum absolute atomic E-state index is 0.206. The van der Waals surface area contributed by atoms with E-state index in [-0.39, 0.29) is 5.78 Å². The van der Waals surface area contributed by atoms with Crippen molar-refractivity contribution in [2.45, 2.75) is 32.6 Å². The van der Waals surface area contributed by atoms with Crippen molar-refractivity contribution in [1.82, 2.24) is 0 Å². The van der Waals surface area contributed by atoms with Gasteiger partial charge in [0.25, 0.3) is 0 Å². The number of carbonyl (C=O) groups is 1. The molecule has 0 aliphatic rings. The Labute approximate surface area is 125 Å². The van der Waals surface area contributed by atoms with Gasteiger partial charge in [0.1, 0.15) is 0 Å². The van der Waals surface area contributed by atoms with E-state index in [1.165, 1.54) is 16.7 Å². The summed E-state index contributed by atoms with van der Waals surface area (Å²) in [5.41, 5.74) is 5.57. The van der Waals surface area contributed by atoms with E-state index in [9.17, 15) is 4.79 Å². The third kappa shape index (κ3) is 3.51. The molecule has 0 bridgehead atoms. The molecule has 0 saturated heterocycles. The molecule has 0 heterocycles. The van der Waals surface area contributed by atoms with Gasteiger partial charge in [-0.1, -0.05) is 23.8 Å². The maximum atomic E-state index is 12.4. The first-order valence-electron chi connectivity index (χ1n) is 6.78. The molecule has 0 atom stereocenters. The topological polar surface area (TPSA) is 17.1 Å². The van der Waals surface area contributed by atoms with Gasteiger partial charge >= 0.3 is 0 Å². The van der Waals surface area contributed by atoms with Gasteiger partial charge in [-0.2, -0.15) is 0 Å². The molecule has 0 radical (unpaired) electrons. The summed E-state index contributed by atoms with van der Waals surface area (Å²) in [5, 5.41) is 0. The van der Waals surface area contributed by atoms with Gasteiger partial charge in [-0.25, -0.2) is 0 Å². The monoisotopic (exact) mass is 284 g/mol. The lowest BCUT2D eigenvalue weighted by molar-refractivity contribution is 0.102. The number of Topliss-reactive ketones (excluding diaryl/α,β-unsaturated/α-hetero) is 1. The van der Waals surface area contributed by atoms with E-state index in [1.54, 1.807) is 11.8 Å². The van der Waals surface area contributed by atoms with Gasteiger partial charge in [0.05, 0.1) is 5.75 Å². The second-order valence-corrected chi connectivity index (χ2v) is 6.33. The lowest BCUT2D eigenvalue weighted by Gasteiger charge is -2.09. The number of carbonyl (C=O) groups excluding carboxylic acids is 1. The third-order valence-electron chi connectivity index (χ3n) is 3.50. The number of thioether (sulfide) groups is 1. The lowest BCUT2D eigenvalue weighted by Crippen LogP contribution is -2.06. The zero-order chi connectivity index (χ0) is 14.7. The molecule has 0 aliphatic carbocycles. The second-order valence-electron chi connectivity index (χ2n) is 5.28. The van der Waals surface area contributed by atoms with Gasteiger partial charge in [0, 0.05) is 10.5 Å². The molecule has 0 saturated carbocycles. The average Bonchev–Trinajstić information content (AvgIpc) is 2.40. The van der Waals surface area contributed by atoms with E-state index >= 15 is 0 Å². The van der Waals surface area contributed by atoms with Crippen molar-refractivity contribution in [3.05, 3.63) is 64.2 Å². The quantitative estimate of drug-likeness (QED) is 0.587. The van der Waals surface area contributed by atoms with Crippen LogP contribution in [0.4, 0.5) is 0 Å². The molecule has 0 unspecified atom stereocenters. The first-order valence-corrected chi connectivity index (χ1v) is 7.76. The molecule has 2 aromatic rings. The van der Waals surface area contributed by atoms with E-state index in [4.69, 9.17) is 0 Å². The number of hydrogen-bond acceptors (Lipinski definition) is 2. The van der Waals surface area contributed by atoms with Crippen molar-refractivity contribution in [2.24, 2.45) is 0 Å². The largest absolute Gasteiger partial charge is 0.293 e. The first kappa shape index (κ1) is 14.9. The van der Waals surface area contributed by atoms with E-state index in [2.05, 4.69) is 45.0 Å². The highest BCUT2D eigenvalue weighted by Gasteiger charge is 2.11. The number of hydrogen-bond donors (Lipinski definition) is 0. The summed E-state index contributed by atoms with van der Waals surface area (Å²) in [6, 6.07) is 12.4. The van der Waals surface area contributed by atoms with Gasteiger partial charge in [0.2, 0.25) is 0 Å². The fourth-order valence-electron chi connectivity index (χ4n) is 2.19. The molecule has 20 heavy (non-hydrogen) atoms. The van der Waals surface area contributed by atoms with Crippen LogP contribution >= 0.6 is 11.8 Å². The van der Waals surface area contributed by atoms with Crippen molar-refractivity contribution in [3.8, 4) is 0 Å². The van der Waals surface area contributed by atoms with Crippen molar-refractivity contribution in [1.29, 1.82) is 0 Å². The Morgan fingerprint density at radius 3 is 2.35 bits per heavy atom. The summed E-state index contributed by atoms with van der Waals surface area (Å²) in [5.74, 6) is 0.699. The van der Waals surface area contributed by atoms with E-state index in [1.807, 2.05) is 19.1 Å². The highest BCUT2D eigenvalue weighted by molar-refractivity contribution is 8.00. The summed E-state index contributed by atoms with van der Waals surface area (Å²) in [6.45, 7) is 8.22. The van der Waals surface area contributed by atoms with Crippen molar-refractivity contribution in [2.75, 3.05) is 5.75 Å². The molecule has 0 spiro atoms. The number of rotatable bonds is 4. The zero-order valence-electron chi connectivity index (χ0n) is 12.5. The van der Waals surface area contributed by atoms with Crippen LogP contribution in [0.15, 0.2) is 41.3 Å². The van der Waals surface area contributed by atoms with Crippen molar-refractivity contribution < 1.29 is 4.79 Å². The van der Waals surface area contributed by atoms with E-state index in [0.717, 1.165) is 16.0 Å². The van der Waals surface area contributed by atoms with Gasteiger partial charge in [-0.3, -0.25) is 4.79 Å². The minimum Gasteiger partial charge on any atom is -0.293 e. The van der Waals surface area contributed by atoms with Crippen LogP contribution < -0.4 is 0 Å². The Hall–Kier alpha value is -1.54. The molecule has 1 nitrogen and oxygen atoms in total. The highest BCUT2D eigenvalue weighted by atomic mass is 32.2. The van der Waals surface area contributed by atoms with Crippen LogP contribution in [-0.4, -0.2) is 11.5 Å². The first-order chi connectivity index (χ1) is 9.47. The highest BCUT2D eigenvalue weighted by Crippen LogP contribution is 2.22. The van der Waals surface area contributed by atoms with Gasteiger partial charge in [-0.05, 0) is 62.6 Å². The van der Waals surface area contributed by atoms with Gasteiger partial charge in [-0.15, -0.1) is 11.8 Å². The maximum absolute atomic E-state index is 12.4. The minimum atomic E-state index is 0.206. The van der Waals surface area contributed by atoms with Crippen LogP contribution in [-0.2, 0) is 0 Å². The summed E-state index contributed by atoms with van der Waals surface area (Å²) < 4.78 is 0. The lowest BCUT2D eigenvalue weighted by atomic mass is 9.99. The Morgan fingerprint density at radius 2 is 1.65 bits per heavy atom. The molecule has 0 N–H and O–H groups in total. The maximum Gasteiger partial charge on any atom is 0.173 e. The molecule has 104 valence electrons. The predicted molar refractivity (Wildman–Crippen MR) is 86.9 cm³/mol. The van der Waals surface area contributed by atoms with E-state index in [0.29, 0.717) is 5.75 Å². The Balaban J connectivity index is 2.11. The average molecular weight is 284 g/mol. The second kappa shape index (κ2) is 6.27. The Morgan fingerprint density at radius 1 is 0.950 bits per heavy atom. The zero-order valence-corrected chi connectivity index (χ0v) is 13.3. The Kier molecular flexibility index (Phi) is 4.66. The summed E-state index contributed by atoms with van der Waals surface area (Å²) in [7, 11) is 0. The molecular weight excluding hydrogens is 264 g/mol. The summed E-state index contributed by atoms with van der Waals surface area (Å²) in [4.78, 5) is 13.5. The van der Waals surface area contributed by atoms with Gasteiger partial charge in [0.15, 0.2) is 5.78 Å². The van der Waals surface area contributed by atoms with Crippen LogP contribution in [0.1, 0.15) is 32.6 Å². The molecular formula is C18H20OS. The molecule has 0 aliphatic heterocycles. The third-order valence-corrected chi connectivity index (χ3v) is 4.49. The smallest absolute Gasteiger partial charge is 0.173 e. The van der Waals surface area contributed by atoms with E-state index < -0.39 is 0 Å². The van der Waals surface area contributed by atoms with Crippen LogP contribution in [0.3, 0.4) is 0 Å². The van der Waals surface area contributed by atoms with Crippen molar-refractivity contribution >= 4 is 17.5 Å². The number of ketones is 1. The molecule has 0 aromatic heterocycles. The molecule has 2 heteroatoms. The van der Waals surface area contributed by atoms with Crippen LogP contribution in [0.2, 0.25) is 0 Å². The Bertz CT molecular complexity index is 644. The van der Waals surface area contributed by atoms with Crippen LogP contribution in [0.5, 0.6) is 0 Å². The van der Waals surface area contributed by atoms with Crippen LogP contribution in [0, 0.1) is 27.7 Å². The standard InChI is InChI=1S/C18H20OS/c1-12-6-5-7-16(8-12)20-11-18(19)17-10-14(3)13(2)9-15(17)4/h5-10H,11H2,1-4H3. The van der Waals surface area contributed by atoms with Gasteiger partial charge < -0.3 is 0 Å². The summed E-state index contributed by atoms with van der Waals surface area (Å²) >= 11 is 1.61. The molecule has 2 rings (SSSR count). The fraction of sp³-hybridized carbons (Fsp3) is 0.278. The molecule has 0 fully saturated rings. The SMILES string of the molecule is Cc1cccc(SCC(=O)c2cc(C)c(C)cc2C)c1. The summed E-state index contributed by atoms with van der Waals surface area (Å²) in [6.07, 6.45) is 0. The molecule has 2 aromatic carbocycles. The fourth-order valence-corrected chi connectivity index (χ4v) is 3.09.